The maximum absolute atomic E-state index is 14.2. The summed E-state index contributed by atoms with van der Waals surface area (Å²) in [4.78, 5) is 38.4. The van der Waals surface area contributed by atoms with Crippen molar-refractivity contribution in [2.75, 3.05) is 13.2 Å². The van der Waals surface area contributed by atoms with E-state index in [0.717, 1.165) is 15.2 Å². The lowest BCUT2D eigenvalue weighted by Gasteiger charge is -2.27. The number of nitrogens with zero attached hydrogens (tertiary/aromatic N) is 1. The zero-order chi connectivity index (χ0) is 24.6. The number of hydrogen-bond donors (Lipinski definition) is 3. The third-order valence-corrected chi connectivity index (χ3v) is 6.19. The number of hydrogen-bond acceptors (Lipinski definition) is 5. The number of nitrogens with one attached hydrogen (secondary N) is 2. The van der Waals surface area contributed by atoms with E-state index >= 15 is 0 Å². The van der Waals surface area contributed by atoms with E-state index in [2.05, 4.69) is 33.2 Å². The van der Waals surface area contributed by atoms with E-state index in [4.69, 9.17) is 4.74 Å². The summed E-state index contributed by atoms with van der Waals surface area (Å²) < 4.78 is 36.1. The Balaban J connectivity index is 1.61. The van der Waals surface area contributed by atoms with Crippen LogP contribution in [-0.2, 0) is 11.3 Å². The van der Waals surface area contributed by atoms with Crippen molar-refractivity contribution in [1.82, 2.24) is 15.2 Å². The summed E-state index contributed by atoms with van der Waals surface area (Å²) in [7, 11) is 0. The molecule has 1 aliphatic rings. The average Bonchev–Trinajstić information content (AvgIpc) is 2.81. The zero-order valence-corrected chi connectivity index (χ0v) is 20.1. The lowest BCUT2D eigenvalue weighted by Crippen LogP contribution is -2.49. The molecule has 2 aromatic carbocycles. The molecule has 3 aromatic rings. The Morgan fingerprint density at radius 2 is 2.09 bits per heavy atom. The monoisotopic (exact) mass is 583 g/mol. The molecule has 8 nitrogen and oxygen atoms in total. The molecule has 2 amide bonds. The first-order valence-corrected chi connectivity index (χ1v) is 11.4. The molecule has 0 saturated heterocycles. The summed E-state index contributed by atoms with van der Waals surface area (Å²) in [5, 5.41) is 14.4. The highest BCUT2D eigenvalue weighted by Gasteiger charge is 2.29. The number of aliphatic hydroxyl groups excluding tert-OH is 1. The van der Waals surface area contributed by atoms with E-state index in [0.29, 0.717) is 0 Å². The van der Waals surface area contributed by atoms with Gasteiger partial charge in [-0.1, -0.05) is 12.1 Å². The van der Waals surface area contributed by atoms with Crippen molar-refractivity contribution >= 4 is 45.3 Å². The summed E-state index contributed by atoms with van der Waals surface area (Å²) >= 11 is 2.14. The molecule has 3 N–H and O–H groups in total. The van der Waals surface area contributed by atoms with Gasteiger partial charge >= 0.3 is 0 Å². The summed E-state index contributed by atoms with van der Waals surface area (Å²) in [6.07, 6.45) is 1.23. The number of amides is 2. The van der Waals surface area contributed by atoms with Crippen molar-refractivity contribution in [3.63, 3.8) is 0 Å². The summed E-state index contributed by atoms with van der Waals surface area (Å²) in [6.45, 7) is 1.20. The van der Waals surface area contributed by atoms with E-state index < -0.39 is 41.5 Å². The van der Waals surface area contributed by atoms with E-state index in [1.165, 1.54) is 10.8 Å². The molecule has 0 fully saturated rings. The minimum atomic E-state index is -1.33. The fourth-order valence-electron chi connectivity index (χ4n) is 3.74. The van der Waals surface area contributed by atoms with E-state index in [1.807, 2.05) is 24.3 Å². The van der Waals surface area contributed by atoms with Crippen LogP contribution in [0.4, 0.5) is 8.78 Å². The molecule has 0 aliphatic carbocycles. The van der Waals surface area contributed by atoms with Crippen LogP contribution in [0.3, 0.4) is 0 Å². The number of pyridine rings is 1. The highest BCUT2D eigenvalue weighted by Crippen LogP contribution is 2.35. The van der Waals surface area contributed by atoms with Crippen LogP contribution in [0.1, 0.15) is 28.9 Å². The predicted molar refractivity (Wildman–Crippen MR) is 128 cm³/mol. The minimum Gasteiger partial charge on any atom is -0.486 e. The van der Waals surface area contributed by atoms with Crippen molar-refractivity contribution in [2.45, 2.75) is 25.6 Å². The second kappa shape index (κ2) is 9.66. The Morgan fingerprint density at radius 1 is 1.32 bits per heavy atom. The normalized spacial score (nSPS) is 15.5. The molecule has 0 spiro atoms. The first kappa shape index (κ1) is 24.1. The van der Waals surface area contributed by atoms with Crippen LogP contribution in [0.15, 0.2) is 41.3 Å². The molecule has 34 heavy (non-hydrogen) atoms. The minimum absolute atomic E-state index is 0.00644. The van der Waals surface area contributed by atoms with Gasteiger partial charge in [0.1, 0.15) is 18.2 Å². The van der Waals surface area contributed by atoms with Crippen LogP contribution in [0.5, 0.6) is 5.75 Å². The van der Waals surface area contributed by atoms with Gasteiger partial charge in [-0.2, -0.15) is 4.39 Å². The van der Waals surface area contributed by atoms with Gasteiger partial charge in [0.05, 0.1) is 23.6 Å². The van der Waals surface area contributed by atoms with Crippen LogP contribution < -0.4 is 20.8 Å². The van der Waals surface area contributed by atoms with Gasteiger partial charge in [0.15, 0.2) is 11.6 Å². The van der Waals surface area contributed by atoms with Crippen molar-refractivity contribution in [3.8, 4) is 5.75 Å². The number of rotatable bonds is 6. The maximum atomic E-state index is 14.2. The lowest BCUT2D eigenvalue weighted by atomic mass is 10.1. The smallest absolute Gasteiger partial charge is 0.257 e. The molecule has 0 bridgehead atoms. The zero-order valence-electron chi connectivity index (χ0n) is 17.9. The number of halogens is 3. The molecule has 178 valence electrons. The third-order valence-electron chi connectivity index (χ3n) is 5.51. The SMILES string of the molecule is CC1COc2c(F)c(F)cc3c(=O)c(C(=O)N[C@@H](CO)C(=O)NCc4cccc(I)c4)cn1c23. The Hall–Kier alpha value is -3.06. The van der Waals surface area contributed by atoms with Gasteiger partial charge in [0.2, 0.25) is 17.2 Å². The van der Waals surface area contributed by atoms with Crippen molar-refractivity contribution in [2.24, 2.45) is 0 Å². The van der Waals surface area contributed by atoms with Crippen LogP contribution in [0, 0.1) is 15.2 Å². The number of aliphatic hydroxyl groups is 1. The molecule has 1 aliphatic heterocycles. The molecule has 11 heteroatoms. The number of benzene rings is 2. The van der Waals surface area contributed by atoms with E-state index in [-0.39, 0.29) is 41.4 Å². The molecule has 4 rings (SSSR count). The molecule has 1 aromatic heterocycles. The van der Waals surface area contributed by atoms with Gasteiger partial charge in [-0.05, 0) is 53.3 Å². The van der Waals surface area contributed by atoms with Crippen LogP contribution >= 0.6 is 22.6 Å². The van der Waals surface area contributed by atoms with Crippen molar-refractivity contribution in [3.05, 3.63) is 73.1 Å². The maximum Gasteiger partial charge on any atom is 0.257 e. The largest absolute Gasteiger partial charge is 0.486 e. The average molecular weight is 583 g/mol. The first-order chi connectivity index (χ1) is 16.2. The molecule has 0 radical (unpaired) electrons. The van der Waals surface area contributed by atoms with E-state index in [9.17, 15) is 28.3 Å². The highest BCUT2D eigenvalue weighted by atomic mass is 127. The second-order valence-corrected chi connectivity index (χ2v) is 9.14. The van der Waals surface area contributed by atoms with Gasteiger partial charge < -0.3 is 25.0 Å². The lowest BCUT2D eigenvalue weighted by molar-refractivity contribution is -0.124. The third kappa shape index (κ3) is 4.49. The van der Waals surface area contributed by atoms with Crippen molar-refractivity contribution in [1.29, 1.82) is 0 Å². The topological polar surface area (TPSA) is 110 Å². The van der Waals surface area contributed by atoms with Gasteiger partial charge in [0, 0.05) is 16.3 Å². The predicted octanol–water partition coefficient (Wildman–Crippen LogP) is 2.24. The number of carbonyl (C=O) groups excluding carboxylic acids is 2. The fraction of sp³-hybridized carbons (Fsp3) is 0.261. The molecule has 2 heterocycles. The van der Waals surface area contributed by atoms with Gasteiger partial charge in [-0.3, -0.25) is 14.4 Å². The Kier molecular flexibility index (Phi) is 6.84. The van der Waals surface area contributed by atoms with Crippen LogP contribution in [-0.4, -0.2) is 40.7 Å². The Morgan fingerprint density at radius 3 is 2.79 bits per heavy atom. The summed E-state index contributed by atoms with van der Waals surface area (Å²) in [5.41, 5.74) is -0.343. The number of aromatic nitrogens is 1. The molecule has 0 saturated carbocycles. The second-order valence-electron chi connectivity index (χ2n) is 7.89. The van der Waals surface area contributed by atoms with Crippen LogP contribution in [0.25, 0.3) is 10.9 Å². The first-order valence-electron chi connectivity index (χ1n) is 10.3. The van der Waals surface area contributed by atoms with Gasteiger partial charge in [-0.15, -0.1) is 0 Å². The molecule has 1 unspecified atom stereocenters. The number of ether oxygens (including phenoxy) is 1. The van der Waals surface area contributed by atoms with Crippen LogP contribution in [0.2, 0.25) is 0 Å². The molecular weight excluding hydrogens is 563 g/mol. The Bertz CT molecular complexity index is 1360. The number of carbonyl (C=O) groups is 2. The molecular formula is C23H20F2IN3O5. The highest BCUT2D eigenvalue weighted by molar-refractivity contribution is 14.1. The van der Waals surface area contributed by atoms with Crippen molar-refractivity contribution < 1.29 is 28.2 Å². The van der Waals surface area contributed by atoms with Gasteiger partial charge in [-0.25, -0.2) is 4.39 Å². The summed E-state index contributed by atoms with van der Waals surface area (Å²) in [5.74, 6) is -4.45. The quantitative estimate of drug-likeness (QED) is 0.386. The Labute approximate surface area is 206 Å². The van der Waals surface area contributed by atoms with Gasteiger partial charge in [0.25, 0.3) is 5.91 Å². The van der Waals surface area contributed by atoms with E-state index in [1.54, 1.807) is 6.92 Å². The molecule has 2 atom stereocenters. The summed E-state index contributed by atoms with van der Waals surface area (Å²) in [6, 6.07) is 6.44. The fourth-order valence-corrected chi connectivity index (χ4v) is 4.35. The standard InChI is InChI=1S/C23H20F2IN3O5/c1-11-10-34-21-18(25)16(24)6-14-19(21)29(11)8-15(20(14)31)22(32)28-17(9-30)23(33)27-7-12-3-2-4-13(26)5-12/h2-6,8,11,17,30H,7,9-10H2,1H3,(H,27,33)(H,28,32)/t11?,17-/m0/s1.